The molecular formula is C24H28N2O2S. The number of nitrogens with zero attached hydrogens (tertiary/aromatic N) is 1. The fourth-order valence-electron chi connectivity index (χ4n) is 2.95. The first-order valence-electron chi connectivity index (χ1n) is 10.1. The Morgan fingerprint density at radius 3 is 2.62 bits per heavy atom. The molecule has 1 heterocycles. The predicted molar refractivity (Wildman–Crippen MR) is 120 cm³/mol. The number of benzene rings is 2. The molecule has 1 aromatic heterocycles. The van der Waals surface area contributed by atoms with Crippen LogP contribution < -0.4 is 10.1 Å². The van der Waals surface area contributed by atoms with Gasteiger partial charge in [0.1, 0.15) is 17.4 Å². The van der Waals surface area contributed by atoms with Crippen LogP contribution in [-0.2, 0) is 24.2 Å². The Kier molecular flexibility index (Phi) is 7.42. The summed E-state index contributed by atoms with van der Waals surface area (Å²) < 4.78 is 5.83. The minimum Gasteiger partial charge on any atom is -0.486 e. The summed E-state index contributed by atoms with van der Waals surface area (Å²) in [5.74, 6) is 0.781. The van der Waals surface area contributed by atoms with Crippen molar-refractivity contribution in [3.8, 4) is 5.75 Å². The molecule has 1 N–H and O–H groups in total. The highest BCUT2D eigenvalue weighted by atomic mass is 32.1. The van der Waals surface area contributed by atoms with Crippen molar-refractivity contribution in [2.75, 3.05) is 5.32 Å². The normalized spacial score (nSPS) is 10.7. The van der Waals surface area contributed by atoms with Gasteiger partial charge in [-0.1, -0.05) is 31.5 Å². The first-order valence-corrected chi connectivity index (χ1v) is 10.9. The third kappa shape index (κ3) is 6.43. The highest BCUT2D eigenvalue weighted by molar-refractivity contribution is 7.09. The van der Waals surface area contributed by atoms with Crippen molar-refractivity contribution >= 4 is 22.9 Å². The standard InChI is InChI=1S/C24H28N2O2S/c1-4-5-6-19-8-10-20(11-9-19)25-23(27)14-21-16-29-24(26-21)15-28-22-12-7-17(2)18(3)13-22/h7-13,16H,4-6,14-15H2,1-3H3,(H,25,27). The molecule has 5 heteroatoms. The Balaban J connectivity index is 1.48. The Hall–Kier alpha value is -2.66. The van der Waals surface area contributed by atoms with Crippen LogP contribution in [0, 0.1) is 13.8 Å². The van der Waals surface area contributed by atoms with E-state index in [2.05, 4.69) is 49.3 Å². The van der Waals surface area contributed by atoms with Gasteiger partial charge in [-0.3, -0.25) is 4.79 Å². The largest absolute Gasteiger partial charge is 0.486 e. The van der Waals surface area contributed by atoms with Gasteiger partial charge in [0.25, 0.3) is 0 Å². The number of carbonyl (C=O) groups excluding carboxylic acids is 1. The monoisotopic (exact) mass is 408 g/mol. The number of anilines is 1. The summed E-state index contributed by atoms with van der Waals surface area (Å²) in [5, 5.41) is 5.74. The molecule has 0 radical (unpaired) electrons. The Morgan fingerprint density at radius 1 is 1.10 bits per heavy atom. The molecule has 0 saturated heterocycles. The van der Waals surface area contributed by atoms with Gasteiger partial charge in [-0.05, 0) is 67.6 Å². The lowest BCUT2D eigenvalue weighted by atomic mass is 10.1. The van der Waals surface area contributed by atoms with E-state index in [1.54, 1.807) is 0 Å². The summed E-state index contributed by atoms with van der Waals surface area (Å²) in [5.41, 5.74) is 5.35. The van der Waals surface area contributed by atoms with Gasteiger partial charge in [-0.15, -0.1) is 11.3 Å². The molecule has 0 bridgehead atoms. The molecule has 0 atom stereocenters. The molecule has 0 spiro atoms. The fourth-order valence-corrected chi connectivity index (χ4v) is 3.66. The number of ether oxygens (including phenoxy) is 1. The SMILES string of the molecule is CCCCc1ccc(NC(=O)Cc2csc(COc3ccc(C)c(C)c3)n2)cc1. The van der Waals surface area contributed by atoms with Crippen molar-refractivity contribution in [3.05, 3.63) is 75.2 Å². The van der Waals surface area contributed by atoms with Crippen LogP contribution in [0.2, 0.25) is 0 Å². The average molecular weight is 409 g/mol. The molecule has 0 unspecified atom stereocenters. The number of aromatic nitrogens is 1. The van der Waals surface area contributed by atoms with Crippen LogP contribution in [0.1, 0.15) is 47.2 Å². The lowest BCUT2D eigenvalue weighted by Gasteiger charge is -2.07. The lowest BCUT2D eigenvalue weighted by Crippen LogP contribution is -2.14. The van der Waals surface area contributed by atoms with Gasteiger partial charge in [-0.25, -0.2) is 4.98 Å². The van der Waals surface area contributed by atoms with Gasteiger partial charge in [0.15, 0.2) is 0 Å². The van der Waals surface area contributed by atoms with Crippen LogP contribution in [0.25, 0.3) is 0 Å². The Bertz CT molecular complexity index is 948. The van der Waals surface area contributed by atoms with Crippen LogP contribution in [0.4, 0.5) is 5.69 Å². The maximum atomic E-state index is 12.3. The summed E-state index contributed by atoms with van der Waals surface area (Å²) >= 11 is 1.52. The number of hydrogen-bond acceptors (Lipinski definition) is 4. The maximum Gasteiger partial charge on any atom is 0.230 e. The molecule has 3 rings (SSSR count). The molecule has 0 aliphatic heterocycles. The van der Waals surface area contributed by atoms with Gasteiger partial charge >= 0.3 is 0 Å². The minimum atomic E-state index is -0.0572. The molecule has 0 fully saturated rings. The summed E-state index contributed by atoms with van der Waals surface area (Å²) in [4.78, 5) is 16.8. The zero-order valence-corrected chi connectivity index (χ0v) is 18.1. The lowest BCUT2D eigenvalue weighted by molar-refractivity contribution is -0.115. The van der Waals surface area contributed by atoms with Gasteiger partial charge in [0.2, 0.25) is 5.91 Å². The van der Waals surface area contributed by atoms with Crippen molar-refractivity contribution < 1.29 is 9.53 Å². The van der Waals surface area contributed by atoms with E-state index in [0.29, 0.717) is 6.61 Å². The molecule has 152 valence electrons. The molecular weight excluding hydrogens is 380 g/mol. The number of hydrogen-bond donors (Lipinski definition) is 1. The number of aryl methyl sites for hydroxylation is 3. The predicted octanol–water partition coefficient (Wildman–Crippen LogP) is 5.86. The molecule has 2 aromatic carbocycles. The Morgan fingerprint density at radius 2 is 1.90 bits per heavy atom. The zero-order valence-electron chi connectivity index (χ0n) is 17.3. The molecule has 1 amide bonds. The van der Waals surface area contributed by atoms with Gasteiger partial charge < -0.3 is 10.1 Å². The van der Waals surface area contributed by atoms with Crippen LogP contribution in [0.15, 0.2) is 47.8 Å². The number of thiazole rings is 1. The second-order valence-corrected chi connectivity index (χ2v) is 8.24. The molecule has 4 nitrogen and oxygen atoms in total. The summed E-state index contributed by atoms with van der Waals surface area (Å²) in [6.07, 6.45) is 3.71. The summed E-state index contributed by atoms with van der Waals surface area (Å²) in [6.45, 7) is 6.75. The quantitative estimate of drug-likeness (QED) is 0.482. The van der Waals surface area contributed by atoms with E-state index in [4.69, 9.17) is 4.74 Å². The van der Waals surface area contributed by atoms with Crippen molar-refractivity contribution in [2.45, 2.75) is 53.1 Å². The molecule has 29 heavy (non-hydrogen) atoms. The number of carbonyl (C=O) groups is 1. The van der Waals surface area contributed by atoms with Crippen LogP contribution in [0.5, 0.6) is 5.75 Å². The molecule has 0 aliphatic rings. The topological polar surface area (TPSA) is 51.2 Å². The smallest absolute Gasteiger partial charge is 0.230 e. The van der Waals surface area contributed by atoms with E-state index < -0.39 is 0 Å². The number of amides is 1. The van der Waals surface area contributed by atoms with Crippen molar-refractivity contribution in [2.24, 2.45) is 0 Å². The van der Waals surface area contributed by atoms with E-state index in [9.17, 15) is 4.79 Å². The van der Waals surface area contributed by atoms with E-state index >= 15 is 0 Å². The van der Waals surface area contributed by atoms with E-state index in [1.807, 2.05) is 29.6 Å². The number of nitrogens with one attached hydrogen (secondary N) is 1. The van der Waals surface area contributed by atoms with Crippen molar-refractivity contribution in [3.63, 3.8) is 0 Å². The minimum absolute atomic E-state index is 0.0572. The average Bonchev–Trinajstić information content (AvgIpc) is 3.15. The van der Waals surface area contributed by atoms with Crippen LogP contribution in [-0.4, -0.2) is 10.9 Å². The highest BCUT2D eigenvalue weighted by Gasteiger charge is 2.09. The van der Waals surface area contributed by atoms with Gasteiger partial charge in [-0.2, -0.15) is 0 Å². The van der Waals surface area contributed by atoms with E-state index in [0.717, 1.165) is 28.6 Å². The Labute approximate surface area is 177 Å². The highest BCUT2D eigenvalue weighted by Crippen LogP contribution is 2.19. The first kappa shape index (κ1) is 21.1. The molecule has 3 aromatic rings. The van der Waals surface area contributed by atoms with Gasteiger partial charge in [0.05, 0.1) is 12.1 Å². The van der Waals surface area contributed by atoms with E-state index in [-0.39, 0.29) is 12.3 Å². The second kappa shape index (κ2) is 10.2. The van der Waals surface area contributed by atoms with Gasteiger partial charge in [0, 0.05) is 11.1 Å². The maximum absolute atomic E-state index is 12.3. The molecule has 0 aliphatic carbocycles. The fraction of sp³-hybridized carbons (Fsp3) is 0.333. The van der Waals surface area contributed by atoms with E-state index in [1.165, 1.54) is 40.9 Å². The summed E-state index contributed by atoms with van der Waals surface area (Å²) in [6, 6.07) is 14.1. The summed E-state index contributed by atoms with van der Waals surface area (Å²) in [7, 11) is 0. The number of rotatable bonds is 9. The molecule has 0 saturated carbocycles. The van der Waals surface area contributed by atoms with Crippen molar-refractivity contribution in [1.82, 2.24) is 4.98 Å². The second-order valence-electron chi connectivity index (χ2n) is 7.29. The first-order chi connectivity index (χ1) is 14.0. The van der Waals surface area contributed by atoms with Crippen molar-refractivity contribution in [1.29, 1.82) is 0 Å². The number of unbranched alkanes of at least 4 members (excludes halogenated alkanes) is 1. The third-order valence-electron chi connectivity index (χ3n) is 4.84. The van der Waals surface area contributed by atoms with Crippen LogP contribution >= 0.6 is 11.3 Å². The zero-order chi connectivity index (χ0) is 20.6. The van der Waals surface area contributed by atoms with Crippen LogP contribution in [0.3, 0.4) is 0 Å². The third-order valence-corrected chi connectivity index (χ3v) is 5.71.